The lowest BCUT2D eigenvalue weighted by Gasteiger charge is -2.19. The Kier molecular flexibility index (Phi) is 3.60. The molecule has 0 amide bonds. The average Bonchev–Trinajstić information content (AvgIpc) is 2.40. The van der Waals surface area contributed by atoms with Gasteiger partial charge >= 0.3 is 18.3 Å². The molecule has 0 aliphatic rings. The Morgan fingerprint density at radius 3 is 1.78 bits per heavy atom. The first kappa shape index (κ1) is 15.4. The second kappa shape index (κ2) is 4.20. The Hall–Kier alpha value is -0.620. The van der Waals surface area contributed by atoms with Crippen LogP contribution in [-0.2, 0) is 19.1 Å². The van der Waals surface area contributed by atoms with Crippen LogP contribution in [0.15, 0.2) is 0 Å². The van der Waals surface area contributed by atoms with E-state index in [0.717, 1.165) is 29.6 Å². The third-order valence-corrected chi connectivity index (χ3v) is 3.15. The molecule has 0 radical (unpaired) electrons. The molecule has 1 heterocycles. The summed E-state index contributed by atoms with van der Waals surface area (Å²) in [4.78, 5) is 0. The highest BCUT2D eigenvalue weighted by atomic mass is 127. The summed E-state index contributed by atoms with van der Waals surface area (Å²) < 4.78 is 99.0. The summed E-state index contributed by atoms with van der Waals surface area (Å²) in [6.45, 7) is 0. The number of nitrogens with zero attached hydrogens (tertiary/aromatic N) is 2. The molecule has 1 aromatic rings. The summed E-state index contributed by atoms with van der Waals surface area (Å²) in [6, 6.07) is 0. The molecule has 0 aliphatic heterocycles. The maximum Gasteiger partial charge on any atom is 0.459 e. The predicted octanol–water partition coefficient (Wildman–Crippen LogP) is 3.70. The van der Waals surface area contributed by atoms with E-state index in [1.807, 2.05) is 0 Å². The zero-order valence-corrected chi connectivity index (χ0v) is 10.5. The molecule has 11 heteroatoms. The minimum Gasteiger partial charge on any atom is -0.261 e. The molecule has 18 heavy (non-hydrogen) atoms. The minimum absolute atomic E-state index is 0.318. The van der Waals surface area contributed by atoms with Gasteiger partial charge in [-0.1, -0.05) is 0 Å². The Bertz CT molecular complexity index is 457. The molecule has 0 fully saturated rings. The van der Waals surface area contributed by atoms with Crippen LogP contribution in [0.4, 0.5) is 35.1 Å². The molecule has 0 saturated heterocycles. The van der Waals surface area contributed by atoms with Gasteiger partial charge in [0.15, 0.2) is 5.69 Å². The van der Waals surface area contributed by atoms with Gasteiger partial charge in [0.2, 0.25) is 0 Å². The molecule has 0 bridgehead atoms. The van der Waals surface area contributed by atoms with Crippen molar-refractivity contribution in [3.63, 3.8) is 0 Å². The summed E-state index contributed by atoms with van der Waals surface area (Å²) in [5.41, 5.74) is -4.41. The van der Waals surface area contributed by atoms with Crippen LogP contribution < -0.4 is 0 Å². The number of alkyl halides is 8. The van der Waals surface area contributed by atoms with Crippen LogP contribution >= 0.6 is 22.6 Å². The van der Waals surface area contributed by atoms with Gasteiger partial charge in [-0.05, 0) is 22.6 Å². The van der Waals surface area contributed by atoms with E-state index in [-0.39, 0.29) is 0 Å². The fraction of sp³-hybridized carbons (Fsp3) is 0.571. The fourth-order valence-corrected chi connectivity index (χ4v) is 1.78. The van der Waals surface area contributed by atoms with E-state index >= 15 is 0 Å². The molecular weight excluding hydrogens is 391 g/mol. The predicted molar refractivity (Wildman–Crippen MR) is 50.9 cm³/mol. The van der Waals surface area contributed by atoms with Gasteiger partial charge in [-0.25, -0.2) is 0 Å². The van der Waals surface area contributed by atoms with Crippen LogP contribution in [0, 0.1) is 3.70 Å². The lowest BCUT2D eigenvalue weighted by Crippen LogP contribution is -2.36. The van der Waals surface area contributed by atoms with E-state index in [1.54, 1.807) is 0 Å². The Morgan fingerprint density at radius 2 is 1.44 bits per heavy atom. The molecule has 0 atom stereocenters. The molecular formula is C7H3F8IN2. The van der Waals surface area contributed by atoms with Gasteiger partial charge in [0.25, 0.3) is 0 Å². The largest absolute Gasteiger partial charge is 0.459 e. The minimum atomic E-state index is -6.15. The van der Waals surface area contributed by atoms with Gasteiger partial charge in [0, 0.05) is 7.05 Å². The second-order valence-electron chi connectivity index (χ2n) is 3.21. The molecule has 0 aromatic carbocycles. The van der Waals surface area contributed by atoms with Crippen molar-refractivity contribution < 1.29 is 35.1 Å². The van der Waals surface area contributed by atoms with Crippen LogP contribution in [0.1, 0.15) is 11.3 Å². The number of hydrogen-bond acceptors (Lipinski definition) is 1. The summed E-state index contributed by atoms with van der Waals surface area (Å²) in [7, 11) is 0.840. The molecule has 0 unspecified atom stereocenters. The van der Waals surface area contributed by atoms with E-state index < -0.39 is 33.2 Å². The SMILES string of the molecule is Cn1nc(C(F)(F)C(F)(F)F)c(C(F)(F)F)c1I. The summed E-state index contributed by atoms with van der Waals surface area (Å²) in [6.07, 6.45) is -11.5. The number of aryl methyl sites for hydroxylation is 1. The molecule has 2 nitrogen and oxygen atoms in total. The quantitative estimate of drug-likeness (QED) is 0.525. The van der Waals surface area contributed by atoms with E-state index in [0.29, 0.717) is 4.68 Å². The number of halogens is 9. The Balaban J connectivity index is 3.58. The smallest absolute Gasteiger partial charge is 0.261 e. The lowest BCUT2D eigenvalue weighted by molar-refractivity contribution is -0.292. The molecule has 104 valence electrons. The van der Waals surface area contributed by atoms with Crippen molar-refractivity contribution in [3.05, 3.63) is 15.0 Å². The first-order valence-electron chi connectivity index (χ1n) is 4.05. The zero-order chi connectivity index (χ0) is 14.5. The molecule has 1 aromatic heterocycles. The molecule has 0 aliphatic carbocycles. The standard InChI is InChI=1S/C7H3F8IN2/c1-18-4(16)2(6(10,11)12)3(17-18)5(8,9)7(13,14)15/h1H3. The molecule has 0 spiro atoms. The van der Waals surface area contributed by atoms with Gasteiger partial charge in [0.1, 0.15) is 9.26 Å². The summed E-state index contributed by atoms with van der Waals surface area (Å²) in [5, 5.41) is 2.63. The van der Waals surface area contributed by atoms with Crippen LogP contribution in [0.25, 0.3) is 0 Å². The van der Waals surface area contributed by atoms with Gasteiger partial charge in [-0.15, -0.1) is 0 Å². The van der Waals surface area contributed by atoms with E-state index in [4.69, 9.17) is 0 Å². The first-order valence-corrected chi connectivity index (χ1v) is 5.12. The van der Waals surface area contributed by atoms with Gasteiger partial charge in [-0.2, -0.15) is 40.2 Å². The highest BCUT2D eigenvalue weighted by Gasteiger charge is 2.63. The second-order valence-corrected chi connectivity index (χ2v) is 4.23. The summed E-state index contributed by atoms with van der Waals surface area (Å²) >= 11 is 0.999. The van der Waals surface area contributed by atoms with E-state index in [9.17, 15) is 35.1 Å². The zero-order valence-electron chi connectivity index (χ0n) is 8.30. The third kappa shape index (κ3) is 2.40. The van der Waals surface area contributed by atoms with Gasteiger partial charge in [-0.3, -0.25) is 4.68 Å². The van der Waals surface area contributed by atoms with Crippen molar-refractivity contribution in [3.8, 4) is 0 Å². The highest BCUT2D eigenvalue weighted by molar-refractivity contribution is 14.1. The number of rotatable bonds is 1. The Morgan fingerprint density at radius 1 is 1.00 bits per heavy atom. The molecule has 0 saturated carbocycles. The van der Waals surface area contributed by atoms with Gasteiger partial charge in [0.05, 0.1) is 0 Å². The number of aromatic nitrogens is 2. The normalized spacial score (nSPS) is 14.1. The highest BCUT2D eigenvalue weighted by Crippen LogP contribution is 2.48. The average molecular weight is 394 g/mol. The van der Waals surface area contributed by atoms with Crippen LogP contribution in [0.3, 0.4) is 0 Å². The van der Waals surface area contributed by atoms with Crippen molar-refractivity contribution in [1.29, 1.82) is 0 Å². The van der Waals surface area contributed by atoms with Crippen molar-refractivity contribution >= 4 is 22.6 Å². The van der Waals surface area contributed by atoms with Gasteiger partial charge < -0.3 is 0 Å². The van der Waals surface area contributed by atoms with Crippen molar-refractivity contribution in [2.24, 2.45) is 7.05 Å². The lowest BCUT2D eigenvalue weighted by atomic mass is 10.1. The maximum atomic E-state index is 12.9. The van der Waals surface area contributed by atoms with Crippen LogP contribution in [-0.4, -0.2) is 16.0 Å². The van der Waals surface area contributed by atoms with E-state index in [1.165, 1.54) is 0 Å². The van der Waals surface area contributed by atoms with Crippen molar-refractivity contribution in [1.82, 2.24) is 9.78 Å². The van der Waals surface area contributed by atoms with Crippen LogP contribution in [0.2, 0.25) is 0 Å². The van der Waals surface area contributed by atoms with E-state index in [2.05, 4.69) is 5.10 Å². The molecule has 1 rings (SSSR count). The third-order valence-electron chi connectivity index (χ3n) is 1.91. The fourth-order valence-electron chi connectivity index (χ4n) is 1.11. The first-order chi connectivity index (χ1) is 7.80. The molecule has 0 N–H and O–H groups in total. The van der Waals surface area contributed by atoms with Crippen molar-refractivity contribution in [2.75, 3.05) is 0 Å². The monoisotopic (exact) mass is 394 g/mol. The number of hydrogen-bond donors (Lipinski definition) is 0. The maximum absolute atomic E-state index is 12.9. The summed E-state index contributed by atoms with van der Waals surface area (Å²) in [5.74, 6) is -5.67. The Labute approximate surface area is 108 Å². The van der Waals surface area contributed by atoms with Crippen LogP contribution in [0.5, 0.6) is 0 Å². The topological polar surface area (TPSA) is 17.8 Å². The van der Waals surface area contributed by atoms with Crippen molar-refractivity contribution in [2.45, 2.75) is 18.3 Å².